The Morgan fingerprint density at radius 2 is 1.60 bits per heavy atom. The van der Waals surface area contributed by atoms with Crippen LogP contribution in [0, 0.1) is 0 Å². The van der Waals surface area contributed by atoms with Gasteiger partial charge < -0.3 is 24.8 Å². The molecule has 2 amide bonds. The molecule has 0 saturated carbocycles. The standard InChI is InChI=1S/C27H26N2O6/c1-3-34-22-15-8-19(9-16-22)10-17-26(31)35-18-25(30)28-21-13-11-20(12-14-21)27(32)29-23-6-4-5-7-24(23)33-2/h4-17H,3,18H2,1-2H3,(H,28,30)(H,29,32)/b17-10+. The van der Waals surface area contributed by atoms with Crippen LogP contribution in [0.1, 0.15) is 22.8 Å². The van der Waals surface area contributed by atoms with Crippen LogP contribution in [0.15, 0.2) is 78.9 Å². The van der Waals surface area contributed by atoms with Gasteiger partial charge in [-0.3, -0.25) is 9.59 Å². The number of ether oxygens (including phenoxy) is 3. The number of amides is 2. The molecule has 0 aliphatic rings. The number of para-hydroxylation sites is 2. The van der Waals surface area contributed by atoms with Crippen molar-refractivity contribution >= 4 is 35.2 Å². The number of anilines is 2. The Labute approximate surface area is 203 Å². The van der Waals surface area contributed by atoms with Crippen molar-refractivity contribution in [1.29, 1.82) is 0 Å². The Bertz CT molecular complexity index is 1190. The maximum absolute atomic E-state index is 12.5. The topological polar surface area (TPSA) is 103 Å². The molecule has 0 bridgehead atoms. The van der Waals surface area contributed by atoms with Gasteiger partial charge in [-0.2, -0.15) is 0 Å². The second-order valence-electron chi connectivity index (χ2n) is 7.22. The molecular formula is C27H26N2O6. The Balaban J connectivity index is 1.45. The van der Waals surface area contributed by atoms with E-state index >= 15 is 0 Å². The highest BCUT2D eigenvalue weighted by atomic mass is 16.5. The van der Waals surface area contributed by atoms with Gasteiger partial charge in [-0.25, -0.2) is 4.79 Å². The van der Waals surface area contributed by atoms with E-state index in [1.54, 1.807) is 66.7 Å². The molecule has 3 aromatic carbocycles. The molecule has 2 N–H and O–H groups in total. The molecule has 0 spiro atoms. The minimum Gasteiger partial charge on any atom is -0.495 e. The third-order valence-electron chi connectivity index (χ3n) is 4.73. The van der Waals surface area contributed by atoms with Crippen molar-refractivity contribution in [2.24, 2.45) is 0 Å². The summed E-state index contributed by atoms with van der Waals surface area (Å²) in [4.78, 5) is 36.5. The van der Waals surface area contributed by atoms with Gasteiger partial charge >= 0.3 is 5.97 Å². The van der Waals surface area contributed by atoms with Gasteiger partial charge in [0.15, 0.2) is 6.61 Å². The fourth-order valence-corrected chi connectivity index (χ4v) is 3.04. The van der Waals surface area contributed by atoms with Crippen LogP contribution in [0.25, 0.3) is 6.08 Å². The van der Waals surface area contributed by atoms with Crippen LogP contribution < -0.4 is 20.1 Å². The Hall–Kier alpha value is -4.59. The van der Waals surface area contributed by atoms with Crippen LogP contribution in [0.2, 0.25) is 0 Å². The lowest BCUT2D eigenvalue weighted by molar-refractivity contribution is -0.142. The summed E-state index contributed by atoms with van der Waals surface area (Å²) in [6.07, 6.45) is 2.84. The number of benzene rings is 3. The summed E-state index contributed by atoms with van der Waals surface area (Å²) in [5.74, 6) is -0.167. The number of rotatable bonds is 10. The van der Waals surface area contributed by atoms with Crippen molar-refractivity contribution in [3.63, 3.8) is 0 Å². The van der Waals surface area contributed by atoms with Crippen molar-refractivity contribution in [3.8, 4) is 11.5 Å². The third kappa shape index (κ3) is 7.75. The van der Waals surface area contributed by atoms with Gasteiger partial charge in [0.2, 0.25) is 0 Å². The third-order valence-corrected chi connectivity index (χ3v) is 4.73. The van der Waals surface area contributed by atoms with E-state index in [0.29, 0.717) is 29.3 Å². The molecule has 0 aromatic heterocycles. The molecule has 0 unspecified atom stereocenters. The van der Waals surface area contributed by atoms with E-state index in [1.165, 1.54) is 13.2 Å². The lowest BCUT2D eigenvalue weighted by atomic mass is 10.2. The second kappa shape index (κ2) is 12.6. The molecule has 0 aliphatic heterocycles. The molecule has 0 radical (unpaired) electrons. The number of esters is 1. The summed E-state index contributed by atoms with van der Waals surface area (Å²) >= 11 is 0. The monoisotopic (exact) mass is 474 g/mol. The van der Waals surface area contributed by atoms with Crippen LogP contribution in [-0.2, 0) is 14.3 Å². The SMILES string of the molecule is CCOc1ccc(/C=C/C(=O)OCC(=O)Nc2ccc(C(=O)Nc3ccccc3OC)cc2)cc1. The van der Waals surface area contributed by atoms with E-state index in [0.717, 1.165) is 11.3 Å². The van der Waals surface area contributed by atoms with Crippen molar-refractivity contribution in [2.75, 3.05) is 31.0 Å². The summed E-state index contributed by atoms with van der Waals surface area (Å²) in [6.45, 7) is 2.04. The molecule has 35 heavy (non-hydrogen) atoms. The predicted octanol–water partition coefficient (Wildman–Crippen LogP) is 4.54. The number of carbonyl (C=O) groups is 3. The van der Waals surface area contributed by atoms with Crippen LogP contribution in [0.4, 0.5) is 11.4 Å². The Morgan fingerprint density at radius 1 is 0.886 bits per heavy atom. The molecule has 0 saturated heterocycles. The largest absolute Gasteiger partial charge is 0.495 e. The van der Waals surface area contributed by atoms with Gasteiger partial charge in [-0.1, -0.05) is 24.3 Å². The zero-order chi connectivity index (χ0) is 25.0. The summed E-state index contributed by atoms with van der Waals surface area (Å²) in [5, 5.41) is 5.40. The number of methoxy groups -OCH3 is 1. The van der Waals surface area contributed by atoms with E-state index in [4.69, 9.17) is 14.2 Å². The number of carbonyl (C=O) groups excluding carboxylic acids is 3. The van der Waals surface area contributed by atoms with Gasteiger partial charge in [-0.05, 0) is 67.1 Å². The molecule has 8 heteroatoms. The summed E-state index contributed by atoms with van der Waals surface area (Å²) in [6, 6.07) is 20.6. The van der Waals surface area contributed by atoms with Crippen LogP contribution in [0.5, 0.6) is 11.5 Å². The maximum Gasteiger partial charge on any atom is 0.331 e. The average Bonchev–Trinajstić information content (AvgIpc) is 2.88. The first-order chi connectivity index (χ1) is 17.0. The fraction of sp³-hybridized carbons (Fsp3) is 0.148. The van der Waals surface area contributed by atoms with E-state index in [9.17, 15) is 14.4 Å². The number of hydrogen-bond acceptors (Lipinski definition) is 6. The van der Waals surface area contributed by atoms with Gasteiger partial charge in [0.1, 0.15) is 11.5 Å². The van der Waals surface area contributed by atoms with Crippen molar-refractivity contribution in [2.45, 2.75) is 6.92 Å². The summed E-state index contributed by atoms with van der Waals surface area (Å²) < 4.78 is 15.6. The predicted molar refractivity (Wildman–Crippen MR) is 134 cm³/mol. The average molecular weight is 475 g/mol. The lowest BCUT2D eigenvalue weighted by Crippen LogP contribution is -2.20. The molecule has 0 fully saturated rings. The summed E-state index contributed by atoms with van der Waals surface area (Å²) in [5.41, 5.74) is 2.21. The first-order valence-electron chi connectivity index (χ1n) is 10.9. The minimum atomic E-state index is -0.641. The van der Waals surface area contributed by atoms with E-state index in [-0.39, 0.29) is 5.91 Å². The van der Waals surface area contributed by atoms with E-state index in [1.807, 2.05) is 19.1 Å². The number of hydrogen-bond donors (Lipinski definition) is 2. The van der Waals surface area contributed by atoms with Gasteiger partial charge in [0.25, 0.3) is 11.8 Å². The fourth-order valence-electron chi connectivity index (χ4n) is 3.04. The van der Waals surface area contributed by atoms with E-state index in [2.05, 4.69) is 10.6 Å². The minimum absolute atomic E-state index is 0.319. The first-order valence-corrected chi connectivity index (χ1v) is 10.9. The first kappa shape index (κ1) is 25.0. The quantitative estimate of drug-likeness (QED) is 0.330. The summed E-state index contributed by atoms with van der Waals surface area (Å²) in [7, 11) is 1.53. The van der Waals surface area contributed by atoms with Gasteiger partial charge in [-0.15, -0.1) is 0 Å². The highest BCUT2D eigenvalue weighted by molar-refractivity contribution is 6.05. The molecule has 8 nitrogen and oxygen atoms in total. The molecule has 180 valence electrons. The van der Waals surface area contributed by atoms with Crippen molar-refractivity contribution < 1.29 is 28.6 Å². The molecule has 0 heterocycles. The number of nitrogens with one attached hydrogen (secondary N) is 2. The van der Waals surface area contributed by atoms with Gasteiger partial charge in [0.05, 0.1) is 19.4 Å². The van der Waals surface area contributed by atoms with Crippen LogP contribution in [0.3, 0.4) is 0 Å². The van der Waals surface area contributed by atoms with Gasteiger partial charge in [0, 0.05) is 17.3 Å². The second-order valence-corrected chi connectivity index (χ2v) is 7.22. The molecule has 0 atom stereocenters. The lowest BCUT2D eigenvalue weighted by Gasteiger charge is -2.10. The molecular weight excluding hydrogens is 448 g/mol. The Morgan fingerprint density at radius 3 is 2.29 bits per heavy atom. The molecule has 3 rings (SSSR count). The molecule has 0 aliphatic carbocycles. The molecule has 3 aromatic rings. The van der Waals surface area contributed by atoms with Crippen LogP contribution >= 0.6 is 0 Å². The highest BCUT2D eigenvalue weighted by Crippen LogP contribution is 2.24. The zero-order valence-electron chi connectivity index (χ0n) is 19.4. The highest BCUT2D eigenvalue weighted by Gasteiger charge is 2.10. The van der Waals surface area contributed by atoms with E-state index < -0.39 is 18.5 Å². The Kier molecular flexibility index (Phi) is 9.01. The zero-order valence-corrected chi connectivity index (χ0v) is 19.4. The normalized spacial score (nSPS) is 10.5. The smallest absolute Gasteiger partial charge is 0.331 e. The van der Waals surface area contributed by atoms with Crippen LogP contribution in [-0.4, -0.2) is 38.1 Å². The van der Waals surface area contributed by atoms with Crippen molar-refractivity contribution in [1.82, 2.24) is 0 Å². The van der Waals surface area contributed by atoms with Crippen molar-refractivity contribution in [3.05, 3.63) is 90.0 Å². The maximum atomic E-state index is 12.5.